The van der Waals surface area contributed by atoms with Crippen LogP contribution in [-0.2, 0) is 9.53 Å². The molecule has 1 unspecified atom stereocenters. The van der Waals surface area contributed by atoms with Crippen LogP contribution >= 0.6 is 11.3 Å². The van der Waals surface area contributed by atoms with Crippen LogP contribution in [0.1, 0.15) is 33.8 Å². The fraction of sp³-hybridized carbons (Fsp3) is 0.250. The number of amides is 1. The fourth-order valence-electron chi connectivity index (χ4n) is 2.74. The third-order valence-corrected chi connectivity index (χ3v) is 5.42. The maximum Gasteiger partial charge on any atom is 0.350 e. The van der Waals surface area contributed by atoms with E-state index in [1.807, 2.05) is 43.3 Å². The van der Waals surface area contributed by atoms with E-state index in [0.29, 0.717) is 15.7 Å². The molecule has 0 fully saturated rings. The average molecular weight is 384 g/mol. The van der Waals surface area contributed by atoms with Gasteiger partial charge in [-0.1, -0.05) is 35.6 Å². The summed E-state index contributed by atoms with van der Waals surface area (Å²) in [6.07, 6.45) is 0. The van der Waals surface area contributed by atoms with Crippen LogP contribution in [0.3, 0.4) is 0 Å². The Morgan fingerprint density at radius 3 is 2.52 bits per heavy atom. The van der Waals surface area contributed by atoms with E-state index in [2.05, 4.69) is 10.3 Å². The third kappa shape index (κ3) is 3.93. The molecule has 0 saturated carbocycles. The molecule has 1 atom stereocenters. The highest BCUT2D eigenvalue weighted by Crippen LogP contribution is 2.27. The molecule has 1 aromatic heterocycles. The van der Waals surface area contributed by atoms with Crippen molar-refractivity contribution in [2.45, 2.75) is 19.8 Å². The van der Waals surface area contributed by atoms with Crippen LogP contribution in [0.15, 0.2) is 36.4 Å². The van der Waals surface area contributed by atoms with Gasteiger partial charge in [0.15, 0.2) is 5.13 Å². The summed E-state index contributed by atoms with van der Waals surface area (Å²) in [5, 5.41) is 5.25. The summed E-state index contributed by atoms with van der Waals surface area (Å²) in [5.74, 6) is -0.222. The number of thiazole rings is 1. The Hall–Kier alpha value is -2.93. The van der Waals surface area contributed by atoms with Crippen molar-refractivity contribution in [3.05, 3.63) is 52.5 Å². The van der Waals surface area contributed by atoms with E-state index >= 15 is 0 Å². The molecule has 1 heterocycles. The molecule has 3 rings (SSSR count). The first kappa shape index (κ1) is 18.8. The van der Waals surface area contributed by atoms with E-state index < -0.39 is 5.97 Å². The molecule has 0 saturated heterocycles. The second kappa shape index (κ2) is 7.75. The number of hydrogen-bond acceptors (Lipinski definition) is 6. The maximum absolute atomic E-state index is 12.6. The molecule has 0 bridgehead atoms. The number of anilines is 1. The first-order valence-electron chi connectivity index (χ1n) is 8.37. The van der Waals surface area contributed by atoms with Gasteiger partial charge in [-0.2, -0.15) is 0 Å². The summed E-state index contributed by atoms with van der Waals surface area (Å²) in [5.41, 5.74) is 1.43. The van der Waals surface area contributed by atoms with Gasteiger partial charge in [-0.15, -0.1) is 0 Å². The first-order valence-corrected chi connectivity index (χ1v) is 9.19. The molecule has 2 aromatic carbocycles. The predicted molar refractivity (Wildman–Crippen MR) is 106 cm³/mol. The van der Waals surface area contributed by atoms with Crippen LogP contribution in [0, 0.1) is 6.92 Å². The SMILES string of the molecule is COC(=O)c1sc(NC(=O)C(C)c2ccc3cc(OC)ccc3c2)nc1C. The predicted octanol–water partition coefficient (Wildman–Crippen LogP) is 4.14. The molecule has 1 N–H and O–H groups in total. The number of methoxy groups -OCH3 is 2. The van der Waals surface area contributed by atoms with Crippen molar-refractivity contribution in [1.82, 2.24) is 4.98 Å². The zero-order chi connectivity index (χ0) is 19.6. The Morgan fingerprint density at radius 1 is 1.11 bits per heavy atom. The fourth-order valence-corrected chi connectivity index (χ4v) is 3.62. The van der Waals surface area contributed by atoms with Gasteiger partial charge in [0.1, 0.15) is 10.6 Å². The van der Waals surface area contributed by atoms with Crippen molar-refractivity contribution in [3.63, 3.8) is 0 Å². The standard InChI is InChI=1S/C20H20N2O4S/c1-11(13-5-6-15-10-16(25-3)8-7-14(15)9-13)18(23)22-20-21-12(2)17(27-20)19(24)26-4/h5-11H,1-4H3,(H,21,22,23). The number of esters is 1. The van der Waals surface area contributed by atoms with Crippen LogP contribution in [0.2, 0.25) is 0 Å². The minimum atomic E-state index is -0.455. The molecule has 7 heteroatoms. The number of hydrogen-bond donors (Lipinski definition) is 1. The Balaban J connectivity index is 1.79. The number of benzene rings is 2. The lowest BCUT2D eigenvalue weighted by atomic mass is 9.97. The summed E-state index contributed by atoms with van der Waals surface area (Å²) in [4.78, 5) is 28.9. The molecule has 6 nitrogen and oxygen atoms in total. The second-order valence-corrected chi connectivity index (χ2v) is 7.11. The molecule has 0 spiro atoms. The summed E-state index contributed by atoms with van der Waals surface area (Å²) < 4.78 is 9.96. The molecule has 3 aromatic rings. The van der Waals surface area contributed by atoms with E-state index in [9.17, 15) is 9.59 Å². The van der Waals surface area contributed by atoms with Crippen LogP contribution < -0.4 is 10.1 Å². The summed E-state index contributed by atoms with van der Waals surface area (Å²) in [7, 11) is 2.95. The molecule has 27 heavy (non-hydrogen) atoms. The highest BCUT2D eigenvalue weighted by Gasteiger charge is 2.20. The smallest absolute Gasteiger partial charge is 0.350 e. The Morgan fingerprint density at radius 2 is 1.81 bits per heavy atom. The lowest BCUT2D eigenvalue weighted by Crippen LogP contribution is -2.18. The molecule has 0 radical (unpaired) electrons. The van der Waals surface area contributed by atoms with Gasteiger partial charge < -0.3 is 14.8 Å². The second-order valence-electron chi connectivity index (χ2n) is 6.11. The molecule has 140 valence electrons. The molecule has 1 amide bonds. The topological polar surface area (TPSA) is 77.5 Å². The van der Waals surface area contributed by atoms with Gasteiger partial charge in [-0.25, -0.2) is 9.78 Å². The van der Waals surface area contributed by atoms with Crippen LogP contribution in [-0.4, -0.2) is 31.1 Å². The molecule has 0 aliphatic rings. The summed E-state index contributed by atoms with van der Waals surface area (Å²) in [6.45, 7) is 3.54. The van der Waals surface area contributed by atoms with Crippen LogP contribution in [0.5, 0.6) is 5.75 Å². The zero-order valence-electron chi connectivity index (χ0n) is 15.5. The number of aromatic nitrogens is 1. The van der Waals surface area contributed by atoms with Crippen molar-refractivity contribution in [3.8, 4) is 5.75 Å². The first-order chi connectivity index (χ1) is 12.9. The number of nitrogens with one attached hydrogen (secondary N) is 1. The minimum Gasteiger partial charge on any atom is -0.497 e. The van der Waals surface area contributed by atoms with Crippen molar-refractivity contribution in [2.24, 2.45) is 0 Å². The average Bonchev–Trinajstić information content (AvgIpc) is 3.05. The molecular weight excluding hydrogens is 364 g/mol. The van der Waals surface area contributed by atoms with E-state index in [1.54, 1.807) is 14.0 Å². The van der Waals surface area contributed by atoms with Crippen LogP contribution in [0.4, 0.5) is 5.13 Å². The largest absolute Gasteiger partial charge is 0.497 e. The van der Waals surface area contributed by atoms with Gasteiger partial charge in [0.05, 0.1) is 25.8 Å². The van der Waals surface area contributed by atoms with E-state index in [0.717, 1.165) is 33.4 Å². The summed E-state index contributed by atoms with van der Waals surface area (Å²) >= 11 is 1.11. The van der Waals surface area contributed by atoms with E-state index in [-0.39, 0.29) is 11.8 Å². The summed E-state index contributed by atoms with van der Waals surface area (Å²) in [6, 6.07) is 11.7. The van der Waals surface area contributed by atoms with Crippen molar-refractivity contribution in [1.29, 1.82) is 0 Å². The normalized spacial score (nSPS) is 11.9. The maximum atomic E-state index is 12.6. The molecule has 0 aliphatic heterocycles. The monoisotopic (exact) mass is 384 g/mol. The number of fused-ring (bicyclic) bond motifs is 1. The van der Waals surface area contributed by atoms with Gasteiger partial charge in [0, 0.05) is 0 Å². The van der Waals surface area contributed by atoms with Crippen molar-refractivity contribution in [2.75, 3.05) is 19.5 Å². The van der Waals surface area contributed by atoms with E-state index in [4.69, 9.17) is 9.47 Å². The van der Waals surface area contributed by atoms with Gasteiger partial charge in [-0.3, -0.25) is 4.79 Å². The number of carbonyl (C=O) groups is 2. The van der Waals surface area contributed by atoms with Gasteiger partial charge in [0.25, 0.3) is 0 Å². The van der Waals surface area contributed by atoms with Gasteiger partial charge in [0.2, 0.25) is 5.91 Å². The zero-order valence-corrected chi connectivity index (χ0v) is 16.3. The quantitative estimate of drug-likeness (QED) is 0.669. The number of ether oxygens (including phenoxy) is 2. The Labute approximate surface area is 161 Å². The van der Waals surface area contributed by atoms with Gasteiger partial charge in [-0.05, 0) is 42.3 Å². The van der Waals surface area contributed by atoms with Gasteiger partial charge >= 0.3 is 5.97 Å². The number of nitrogens with zero attached hydrogens (tertiary/aromatic N) is 1. The van der Waals surface area contributed by atoms with E-state index in [1.165, 1.54) is 7.11 Å². The van der Waals surface area contributed by atoms with Crippen molar-refractivity contribution < 1.29 is 19.1 Å². The number of carbonyl (C=O) groups excluding carboxylic acids is 2. The number of aryl methyl sites for hydroxylation is 1. The highest BCUT2D eigenvalue weighted by atomic mass is 32.1. The Bertz CT molecular complexity index is 1010. The van der Waals surface area contributed by atoms with Crippen molar-refractivity contribution >= 4 is 39.1 Å². The lowest BCUT2D eigenvalue weighted by molar-refractivity contribution is -0.117. The van der Waals surface area contributed by atoms with Crippen LogP contribution in [0.25, 0.3) is 10.8 Å². The highest BCUT2D eigenvalue weighted by molar-refractivity contribution is 7.17. The third-order valence-electron chi connectivity index (χ3n) is 4.36. The Kier molecular flexibility index (Phi) is 5.41. The number of rotatable bonds is 5. The minimum absolute atomic E-state index is 0.187. The molecular formula is C20H20N2O4S. The molecule has 0 aliphatic carbocycles. The lowest BCUT2D eigenvalue weighted by Gasteiger charge is -2.12.